The van der Waals surface area contributed by atoms with E-state index in [0.717, 1.165) is 25.7 Å². The van der Waals surface area contributed by atoms with Crippen LogP contribution < -0.4 is 10.5 Å². The number of benzene rings is 1. The van der Waals surface area contributed by atoms with E-state index in [2.05, 4.69) is 0 Å². The number of ether oxygens (including phenoxy) is 1. The van der Waals surface area contributed by atoms with Crippen LogP contribution in [-0.2, 0) is 5.60 Å². The molecule has 0 bridgehead atoms. The number of rotatable bonds is 5. The fourth-order valence-corrected chi connectivity index (χ4v) is 2.54. The molecule has 1 atom stereocenters. The standard InChI is InChI=1S/C15H22FNO2/c1-2-15(18,10-17)11-7-8-13(16)14(9-11)19-12-5-3-4-6-12/h7-9,12,18H,2-6,10,17H2,1H3/t15-/m1/s1. The molecule has 3 N–H and O–H groups in total. The minimum absolute atomic E-state index is 0.0948. The van der Waals surface area contributed by atoms with Crippen LogP contribution in [0.1, 0.15) is 44.6 Å². The summed E-state index contributed by atoms with van der Waals surface area (Å²) in [5.74, 6) is -0.157. The Hall–Kier alpha value is -1.13. The summed E-state index contributed by atoms with van der Waals surface area (Å²) in [4.78, 5) is 0. The Kier molecular flexibility index (Phi) is 4.42. The maximum absolute atomic E-state index is 13.8. The lowest BCUT2D eigenvalue weighted by Gasteiger charge is -2.26. The zero-order chi connectivity index (χ0) is 13.9. The lowest BCUT2D eigenvalue weighted by molar-refractivity contribution is 0.0413. The van der Waals surface area contributed by atoms with Crippen molar-refractivity contribution in [2.24, 2.45) is 5.73 Å². The van der Waals surface area contributed by atoms with Crippen molar-refractivity contribution in [1.82, 2.24) is 0 Å². The van der Waals surface area contributed by atoms with Gasteiger partial charge in [0.25, 0.3) is 0 Å². The van der Waals surface area contributed by atoms with Gasteiger partial charge in [-0.25, -0.2) is 4.39 Å². The Morgan fingerprint density at radius 2 is 2.11 bits per heavy atom. The third kappa shape index (κ3) is 3.07. The Balaban J connectivity index is 2.23. The second kappa shape index (κ2) is 5.88. The van der Waals surface area contributed by atoms with Crippen molar-refractivity contribution in [3.05, 3.63) is 29.6 Å². The summed E-state index contributed by atoms with van der Waals surface area (Å²) in [6.07, 6.45) is 4.79. The van der Waals surface area contributed by atoms with Crippen LogP contribution in [0, 0.1) is 5.82 Å². The maximum atomic E-state index is 13.8. The molecule has 1 aromatic rings. The molecule has 1 aromatic carbocycles. The Bertz CT molecular complexity index is 426. The van der Waals surface area contributed by atoms with Crippen molar-refractivity contribution in [2.45, 2.75) is 50.7 Å². The molecular weight excluding hydrogens is 245 g/mol. The summed E-state index contributed by atoms with van der Waals surface area (Å²) < 4.78 is 19.5. The van der Waals surface area contributed by atoms with E-state index < -0.39 is 5.60 Å². The highest BCUT2D eigenvalue weighted by Crippen LogP contribution is 2.31. The second-order valence-electron chi connectivity index (χ2n) is 5.26. The lowest BCUT2D eigenvalue weighted by atomic mass is 9.91. The first-order valence-electron chi connectivity index (χ1n) is 6.98. The van der Waals surface area contributed by atoms with E-state index in [0.29, 0.717) is 12.0 Å². The summed E-state index contributed by atoms with van der Waals surface area (Å²) in [6, 6.07) is 4.51. The molecule has 4 heteroatoms. The average Bonchev–Trinajstić information content (AvgIpc) is 2.93. The Labute approximate surface area is 113 Å². The van der Waals surface area contributed by atoms with E-state index in [1.54, 1.807) is 12.1 Å². The van der Waals surface area contributed by atoms with Crippen molar-refractivity contribution >= 4 is 0 Å². The fraction of sp³-hybridized carbons (Fsp3) is 0.600. The molecule has 0 aromatic heterocycles. The summed E-state index contributed by atoms with van der Waals surface area (Å²) in [7, 11) is 0. The molecule has 1 aliphatic carbocycles. The zero-order valence-corrected chi connectivity index (χ0v) is 11.4. The molecule has 19 heavy (non-hydrogen) atoms. The van der Waals surface area contributed by atoms with Gasteiger partial charge < -0.3 is 15.6 Å². The van der Waals surface area contributed by atoms with Gasteiger partial charge in [0.1, 0.15) is 5.60 Å². The molecule has 1 aliphatic rings. The molecule has 0 saturated heterocycles. The van der Waals surface area contributed by atoms with Gasteiger partial charge >= 0.3 is 0 Å². The van der Waals surface area contributed by atoms with Crippen LogP contribution in [0.4, 0.5) is 4.39 Å². The van der Waals surface area contributed by atoms with E-state index in [9.17, 15) is 9.50 Å². The molecule has 2 rings (SSSR count). The molecule has 0 heterocycles. The molecule has 0 unspecified atom stereocenters. The summed E-state index contributed by atoms with van der Waals surface area (Å²) in [5, 5.41) is 10.4. The minimum Gasteiger partial charge on any atom is -0.487 e. The van der Waals surface area contributed by atoms with E-state index in [-0.39, 0.29) is 24.2 Å². The first-order chi connectivity index (χ1) is 9.09. The number of nitrogens with two attached hydrogens (primary N) is 1. The molecule has 0 amide bonds. The van der Waals surface area contributed by atoms with Crippen LogP contribution >= 0.6 is 0 Å². The van der Waals surface area contributed by atoms with Crippen LogP contribution in [0.5, 0.6) is 5.75 Å². The third-order valence-corrected chi connectivity index (χ3v) is 3.99. The fourth-order valence-electron chi connectivity index (χ4n) is 2.54. The van der Waals surface area contributed by atoms with Gasteiger partial charge in [0.2, 0.25) is 0 Å². The maximum Gasteiger partial charge on any atom is 0.165 e. The number of aliphatic hydroxyl groups is 1. The quantitative estimate of drug-likeness (QED) is 0.862. The van der Waals surface area contributed by atoms with E-state index >= 15 is 0 Å². The van der Waals surface area contributed by atoms with Crippen molar-refractivity contribution in [3.63, 3.8) is 0 Å². The highest BCUT2D eigenvalue weighted by atomic mass is 19.1. The van der Waals surface area contributed by atoms with Gasteiger partial charge in [-0.15, -0.1) is 0 Å². The highest BCUT2D eigenvalue weighted by molar-refractivity contribution is 5.34. The van der Waals surface area contributed by atoms with E-state index in [1.807, 2.05) is 6.92 Å². The topological polar surface area (TPSA) is 55.5 Å². The molecule has 0 radical (unpaired) electrons. The van der Waals surface area contributed by atoms with E-state index in [1.165, 1.54) is 6.07 Å². The molecular formula is C15H22FNO2. The molecule has 3 nitrogen and oxygen atoms in total. The Morgan fingerprint density at radius 3 is 2.68 bits per heavy atom. The smallest absolute Gasteiger partial charge is 0.165 e. The number of halogens is 1. The largest absolute Gasteiger partial charge is 0.487 e. The SMILES string of the molecule is CC[C@@](O)(CN)c1ccc(F)c(OC2CCCC2)c1. The molecule has 106 valence electrons. The predicted octanol–water partition coefficient (Wildman–Crippen LogP) is 2.70. The highest BCUT2D eigenvalue weighted by Gasteiger charge is 2.27. The van der Waals surface area contributed by atoms with Gasteiger partial charge in [-0.3, -0.25) is 0 Å². The van der Waals surface area contributed by atoms with Gasteiger partial charge in [0.15, 0.2) is 11.6 Å². The monoisotopic (exact) mass is 267 g/mol. The van der Waals surface area contributed by atoms with Crippen LogP contribution in [0.15, 0.2) is 18.2 Å². The van der Waals surface area contributed by atoms with Crippen molar-refractivity contribution in [2.75, 3.05) is 6.54 Å². The third-order valence-electron chi connectivity index (χ3n) is 3.99. The Morgan fingerprint density at radius 1 is 1.42 bits per heavy atom. The predicted molar refractivity (Wildman–Crippen MR) is 72.5 cm³/mol. The summed E-state index contributed by atoms with van der Waals surface area (Å²) >= 11 is 0. The number of hydrogen-bond donors (Lipinski definition) is 2. The normalized spacial score (nSPS) is 19.4. The second-order valence-corrected chi connectivity index (χ2v) is 5.26. The molecule has 0 spiro atoms. The van der Waals surface area contributed by atoms with Crippen molar-refractivity contribution in [3.8, 4) is 5.75 Å². The summed E-state index contributed by atoms with van der Waals surface area (Å²) in [5.41, 5.74) is 5.12. The molecule has 1 saturated carbocycles. The first kappa shape index (κ1) is 14.3. The van der Waals surface area contributed by atoms with E-state index in [4.69, 9.17) is 10.5 Å². The van der Waals surface area contributed by atoms with Crippen LogP contribution in [0.3, 0.4) is 0 Å². The first-order valence-corrected chi connectivity index (χ1v) is 6.98. The molecule has 1 fully saturated rings. The van der Waals surface area contributed by atoms with Crippen LogP contribution in [0.25, 0.3) is 0 Å². The number of hydrogen-bond acceptors (Lipinski definition) is 3. The van der Waals surface area contributed by atoms with Gasteiger partial charge in [-0.2, -0.15) is 0 Å². The van der Waals surface area contributed by atoms with Gasteiger partial charge in [-0.05, 0) is 49.8 Å². The van der Waals surface area contributed by atoms with Crippen LogP contribution in [-0.4, -0.2) is 17.8 Å². The average molecular weight is 267 g/mol. The summed E-state index contributed by atoms with van der Waals surface area (Å²) in [6.45, 7) is 1.96. The van der Waals surface area contributed by atoms with Crippen LogP contribution in [0.2, 0.25) is 0 Å². The van der Waals surface area contributed by atoms with Gasteiger partial charge in [-0.1, -0.05) is 13.0 Å². The lowest BCUT2D eigenvalue weighted by Crippen LogP contribution is -2.34. The van der Waals surface area contributed by atoms with Crippen molar-refractivity contribution in [1.29, 1.82) is 0 Å². The molecule has 0 aliphatic heterocycles. The minimum atomic E-state index is -1.11. The van der Waals surface area contributed by atoms with Crippen molar-refractivity contribution < 1.29 is 14.2 Å². The van der Waals surface area contributed by atoms with Gasteiger partial charge in [0.05, 0.1) is 6.10 Å². The van der Waals surface area contributed by atoms with Gasteiger partial charge in [0, 0.05) is 6.54 Å². The zero-order valence-electron chi connectivity index (χ0n) is 11.4.